The molecule has 3 heteroatoms. The fourth-order valence-corrected chi connectivity index (χ4v) is 2.67. The first kappa shape index (κ1) is 9.10. The second kappa shape index (κ2) is 2.70. The average molecular weight is 222 g/mol. The maximum absolute atomic E-state index is 6.00. The van der Waals surface area contributed by atoms with Gasteiger partial charge in [-0.2, -0.15) is 0 Å². The first-order valence-corrected chi connectivity index (χ1v) is 5.41. The van der Waals surface area contributed by atoms with E-state index in [2.05, 4.69) is 19.2 Å². The van der Waals surface area contributed by atoms with E-state index in [0.29, 0.717) is 5.16 Å². The zero-order valence-electron chi connectivity index (χ0n) is 8.67. The van der Waals surface area contributed by atoms with Crippen LogP contribution in [0.1, 0.15) is 25.2 Å². The molecule has 0 radical (unpaired) electrons. The molecule has 0 saturated heterocycles. The second-order valence-electron chi connectivity index (χ2n) is 4.60. The summed E-state index contributed by atoms with van der Waals surface area (Å²) in [6, 6.07) is 2.27. The highest BCUT2D eigenvalue weighted by Gasteiger charge is 2.45. The summed E-state index contributed by atoms with van der Waals surface area (Å²) in [5.41, 5.74) is 2.48. The second-order valence-corrected chi connectivity index (χ2v) is 5.01. The van der Waals surface area contributed by atoms with E-state index in [4.69, 9.17) is 16.0 Å². The predicted molar refractivity (Wildman–Crippen MR) is 60.6 cm³/mol. The van der Waals surface area contributed by atoms with Gasteiger partial charge in [0.2, 0.25) is 0 Å². The van der Waals surface area contributed by atoms with Crippen LogP contribution < -0.4 is 5.32 Å². The van der Waals surface area contributed by atoms with Crippen molar-refractivity contribution < 1.29 is 4.42 Å². The molecule has 1 N–H and O–H groups in total. The SMILES string of the molecule is CC1(C)c2ccoc2C2=CC=C(Cl)NC21. The Bertz CT molecular complexity index is 482. The van der Waals surface area contributed by atoms with Gasteiger partial charge in [0.25, 0.3) is 0 Å². The molecular weight excluding hydrogens is 210 g/mol. The highest BCUT2D eigenvalue weighted by molar-refractivity contribution is 6.29. The highest BCUT2D eigenvalue weighted by Crippen LogP contribution is 2.47. The Hall–Kier alpha value is -1.15. The van der Waals surface area contributed by atoms with Gasteiger partial charge in [0.05, 0.1) is 12.3 Å². The molecule has 15 heavy (non-hydrogen) atoms. The first-order chi connectivity index (χ1) is 7.10. The third-order valence-electron chi connectivity index (χ3n) is 3.35. The van der Waals surface area contributed by atoms with Gasteiger partial charge in [-0.25, -0.2) is 0 Å². The molecule has 1 unspecified atom stereocenters. The zero-order valence-corrected chi connectivity index (χ0v) is 9.43. The van der Waals surface area contributed by atoms with Crippen molar-refractivity contribution in [3.8, 4) is 0 Å². The van der Waals surface area contributed by atoms with Crippen LogP contribution in [0.2, 0.25) is 0 Å². The number of halogens is 1. The van der Waals surface area contributed by atoms with E-state index in [1.54, 1.807) is 6.26 Å². The van der Waals surface area contributed by atoms with Gasteiger partial charge in [0, 0.05) is 16.6 Å². The molecule has 2 heterocycles. The summed E-state index contributed by atoms with van der Waals surface area (Å²) in [7, 11) is 0. The fourth-order valence-electron chi connectivity index (χ4n) is 2.49. The highest BCUT2D eigenvalue weighted by atomic mass is 35.5. The lowest BCUT2D eigenvalue weighted by Crippen LogP contribution is -2.41. The van der Waals surface area contributed by atoms with Crippen LogP contribution in [0.25, 0.3) is 5.57 Å². The van der Waals surface area contributed by atoms with Crippen molar-refractivity contribution in [1.29, 1.82) is 0 Å². The Morgan fingerprint density at radius 3 is 3.00 bits per heavy atom. The molecule has 0 fully saturated rings. The fraction of sp³-hybridized carbons (Fsp3) is 0.333. The minimum atomic E-state index is 0.0303. The Kier molecular flexibility index (Phi) is 1.64. The van der Waals surface area contributed by atoms with Gasteiger partial charge in [-0.1, -0.05) is 31.5 Å². The molecule has 0 amide bonds. The molecule has 0 bridgehead atoms. The van der Waals surface area contributed by atoms with E-state index in [-0.39, 0.29) is 11.5 Å². The van der Waals surface area contributed by atoms with Crippen LogP contribution in [-0.4, -0.2) is 6.04 Å². The summed E-state index contributed by atoms with van der Waals surface area (Å²) in [4.78, 5) is 0. The van der Waals surface area contributed by atoms with Crippen LogP contribution in [0, 0.1) is 0 Å². The van der Waals surface area contributed by atoms with E-state index in [1.807, 2.05) is 18.2 Å². The summed E-state index contributed by atoms with van der Waals surface area (Å²) in [5.74, 6) is 0.998. The standard InChI is InChI=1S/C12H12ClNO/c1-12(2)8-5-6-15-10(8)7-3-4-9(13)14-11(7)12/h3-6,11,14H,1-2H3. The lowest BCUT2D eigenvalue weighted by Gasteiger charge is -2.31. The number of dihydropyridines is 1. The number of furan rings is 1. The Morgan fingerprint density at radius 2 is 2.20 bits per heavy atom. The van der Waals surface area contributed by atoms with E-state index < -0.39 is 0 Å². The van der Waals surface area contributed by atoms with Gasteiger partial charge in [0.15, 0.2) is 0 Å². The molecule has 3 rings (SSSR count). The Labute approximate surface area is 93.6 Å². The Balaban J connectivity index is 2.22. The molecule has 1 aromatic heterocycles. The molecule has 78 valence electrons. The van der Waals surface area contributed by atoms with Gasteiger partial charge in [0.1, 0.15) is 10.9 Å². The largest absolute Gasteiger partial charge is 0.464 e. The number of hydrogen-bond donors (Lipinski definition) is 1. The topological polar surface area (TPSA) is 25.2 Å². The number of rotatable bonds is 0. The van der Waals surface area contributed by atoms with Crippen molar-refractivity contribution in [2.45, 2.75) is 25.3 Å². The molecule has 1 aromatic rings. The van der Waals surface area contributed by atoms with Crippen LogP contribution in [0.15, 0.2) is 34.1 Å². The molecule has 1 atom stereocenters. The number of nitrogens with one attached hydrogen (secondary N) is 1. The monoisotopic (exact) mass is 221 g/mol. The third-order valence-corrected chi connectivity index (χ3v) is 3.58. The number of fused-ring (bicyclic) bond motifs is 3. The van der Waals surface area contributed by atoms with Crippen LogP contribution in [0.5, 0.6) is 0 Å². The summed E-state index contributed by atoms with van der Waals surface area (Å²) in [6.07, 6.45) is 5.67. The molecule has 0 saturated carbocycles. The molecule has 0 spiro atoms. The van der Waals surface area contributed by atoms with Gasteiger partial charge >= 0.3 is 0 Å². The molecule has 0 aromatic carbocycles. The summed E-state index contributed by atoms with van der Waals surface area (Å²) in [5, 5.41) is 4.00. The van der Waals surface area contributed by atoms with Gasteiger partial charge in [-0.15, -0.1) is 0 Å². The van der Waals surface area contributed by atoms with Crippen molar-refractivity contribution >= 4 is 17.2 Å². The van der Waals surface area contributed by atoms with E-state index >= 15 is 0 Å². The summed E-state index contributed by atoms with van der Waals surface area (Å²) >= 11 is 6.00. The summed E-state index contributed by atoms with van der Waals surface area (Å²) < 4.78 is 5.54. The van der Waals surface area contributed by atoms with E-state index in [1.165, 1.54) is 11.1 Å². The molecule has 1 aliphatic carbocycles. The molecule has 1 aliphatic heterocycles. The van der Waals surface area contributed by atoms with Gasteiger partial charge in [-0.05, 0) is 12.1 Å². The zero-order chi connectivity index (χ0) is 10.6. The number of hydrogen-bond acceptors (Lipinski definition) is 2. The van der Waals surface area contributed by atoms with Crippen LogP contribution in [0.4, 0.5) is 0 Å². The van der Waals surface area contributed by atoms with Crippen molar-refractivity contribution in [2.24, 2.45) is 0 Å². The quantitative estimate of drug-likeness (QED) is 0.682. The Morgan fingerprint density at radius 1 is 1.40 bits per heavy atom. The smallest absolute Gasteiger partial charge is 0.135 e. The average Bonchev–Trinajstić information content (AvgIpc) is 2.72. The van der Waals surface area contributed by atoms with Gasteiger partial charge < -0.3 is 9.73 Å². The molecule has 2 nitrogen and oxygen atoms in total. The lowest BCUT2D eigenvalue weighted by atomic mass is 9.82. The van der Waals surface area contributed by atoms with Crippen LogP contribution in [-0.2, 0) is 5.41 Å². The van der Waals surface area contributed by atoms with Gasteiger partial charge in [-0.3, -0.25) is 0 Å². The predicted octanol–water partition coefficient (Wildman–Crippen LogP) is 3.01. The molecule has 2 aliphatic rings. The maximum Gasteiger partial charge on any atom is 0.135 e. The summed E-state index contributed by atoms with van der Waals surface area (Å²) in [6.45, 7) is 4.41. The minimum Gasteiger partial charge on any atom is -0.464 e. The van der Waals surface area contributed by atoms with Crippen LogP contribution >= 0.6 is 11.6 Å². The number of allylic oxidation sites excluding steroid dienone is 2. The van der Waals surface area contributed by atoms with Crippen molar-refractivity contribution in [1.82, 2.24) is 5.32 Å². The van der Waals surface area contributed by atoms with E-state index in [0.717, 1.165) is 5.76 Å². The van der Waals surface area contributed by atoms with E-state index in [9.17, 15) is 0 Å². The maximum atomic E-state index is 6.00. The van der Waals surface area contributed by atoms with Crippen LogP contribution in [0.3, 0.4) is 0 Å². The van der Waals surface area contributed by atoms with Crippen molar-refractivity contribution in [2.75, 3.05) is 0 Å². The minimum absolute atomic E-state index is 0.0303. The lowest BCUT2D eigenvalue weighted by molar-refractivity contribution is 0.451. The third kappa shape index (κ3) is 1.06. The van der Waals surface area contributed by atoms with Crippen molar-refractivity contribution in [3.63, 3.8) is 0 Å². The molecular formula is C12H12ClNO. The first-order valence-electron chi connectivity index (χ1n) is 5.03. The van der Waals surface area contributed by atoms with Crippen molar-refractivity contribution in [3.05, 3.63) is 41.0 Å². The normalized spacial score (nSPS) is 26.2.